The number of urea groups is 1. The number of fused-ring (bicyclic) bond motifs is 2. The second-order valence-corrected chi connectivity index (χ2v) is 7.85. The zero-order valence-electron chi connectivity index (χ0n) is 17.2. The van der Waals surface area contributed by atoms with Gasteiger partial charge in [0.1, 0.15) is 31.8 Å². The molecule has 0 bridgehead atoms. The van der Waals surface area contributed by atoms with E-state index in [1.165, 1.54) is 4.90 Å². The number of nitrogens with zero attached hydrogens (tertiary/aromatic N) is 2. The van der Waals surface area contributed by atoms with Crippen molar-refractivity contribution >= 4 is 35.1 Å². The van der Waals surface area contributed by atoms with Crippen molar-refractivity contribution in [1.29, 1.82) is 0 Å². The molecular formula is C22H20N4O6. The molecule has 2 N–H and O–H groups in total. The van der Waals surface area contributed by atoms with Crippen LogP contribution in [0, 0.1) is 0 Å². The summed E-state index contributed by atoms with van der Waals surface area (Å²) in [5, 5.41) is 5.38. The predicted octanol–water partition coefficient (Wildman–Crippen LogP) is 1.21. The van der Waals surface area contributed by atoms with E-state index in [0.717, 1.165) is 4.90 Å². The summed E-state index contributed by atoms with van der Waals surface area (Å²) >= 11 is 0. The molecule has 10 heteroatoms. The maximum Gasteiger partial charge on any atom is 0.325 e. The summed E-state index contributed by atoms with van der Waals surface area (Å²) < 4.78 is 11.1. The zero-order chi connectivity index (χ0) is 22.5. The number of carbonyl (C=O) groups excluding carboxylic acids is 4. The van der Waals surface area contributed by atoms with Crippen molar-refractivity contribution in [2.45, 2.75) is 12.5 Å². The van der Waals surface area contributed by atoms with Crippen LogP contribution >= 0.6 is 0 Å². The minimum Gasteiger partial charge on any atom is -0.486 e. The summed E-state index contributed by atoms with van der Waals surface area (Å²) in [5.74, 6) is -0.406. The largest absolute Gasteiger partial charge is 0.486 e. The molecule has 3 aliphatic heterocycles. The number of nitrogens with one attached hydrogen (secondary N) is 2. The predicted molar refractivity (Wildman–Crippen MR) is 112 cm³/mol. The van der Waals surface area contributed by atoms with E-state index in [-0.39, 0.29) is 12.5 Å². The number of hydrogen-bond acceptors (Lipinski definition) is 6. The monoisotopic (exact) mass is 436 g/mol. The van der Waals surface area contributed by atoms with E-state index < -0.39 is 29.9 Å². The minimum atomic E-state index is -1.37. The van der Waals surface area contributed by atoms with Crippen LogP contribution in [0.4, 0.5) is 16.2 Å². The highest BCUT2D eigenvalue weighted by atomic mass is 16.6. The van der Waals surface area contributed by atoms with Gasteiger partial charge in [0.25, 0.3) is 5.91 Å². The molecule has 1 fully saturated rings. The Labute approximate surface area is 183 Å². The minimum absolute atomic E-state index is 0.196. The third-order valence-electron chi connectivity index (χ3n) is 5.76. The molecule has 0 aliphatic carbocycles. The lowest BCUT2D eigenvalue weighted by molar-refractivity contribution is -0.134. The van der Waals surface area contributed by atoms with Gasteiger partial charge in [0.05, 0.1) is 11.4 Å². The molecule has 3 aliphatic rings. The van der Waals surface area contributed by atoms with Crippen LogP contribution < -0.4 is 25.0 Å². The number of ether oxygens (including phenoxy) is 2. The van der Waals surface area contributed by atoms with Crippen molar-refractivity contribution in [1.82, 2.24) is 10.2 Å². The molecule has 164 valence electrons. The molecule has 0 unspecified atom stereocenters. The zero-order valence-corrected chi connectivity index (χ0v) is 17.2. The van der Waals surface area contributed by atoms with Gasteiger partial charge >= 0.3 is 6.03 Å². The third-order valence-corrected chi connectivity index (χ3v) is 5.76. The van der Waals surface area contributed by atoms with Gasteiger partial charge in [0.2, 0.25) is 11.8 Å². The standard InChI is InChI=1S/C22H20N4O6/c1-22(13-6-7-16-17(10-13)32-9-8-31-16)20(29)26(21(30)24-22)12-19(28)25-11-18(27)23-14-4-2-3-5-15(14)25/h2-7,10H,8-9,11-12H2,1H3,(H,23,27)(H,24,30)/t22-/m1/s1. The van der Waals surface area contributed by atoms with Crippen molar-refractivity contribution in [2.75, 3.05) is 36.5 Å². The Morgan fingerprint density at radius 3 is 2.62 bits per heavy atom. The van der Waals surface area contributed by atoms with Crippen molar-refractivity contribution in [3.05, 3.63) is 48.0 Å². The summed E-state index contributed by atoms with van der Waals surface area (Å²) in [5.41, 5.74) is 0.150. The van der Waals surface area contributed by atoms with Gasteiger partial charge in [-0.1, -0.05) is 18.2 Å². The van der Waals surface area contributed by atoms with Gasteiger partial charge in [-0.2, -0.15) is 0 Å². The second kappa shape index (κ2) is 7.26. The first-order valence-electron chi connectivity index (χ1n) is 10.1. The van der Waals surface area contributed by atoms with Crippen LogP contribution in [0.15, 0.2) is 42.5 Å². The summed E-state index contributed by atoms with van der Waals surface area (Å²) in [6.45, 7) is 1.71. The molecule has 5 rings (SSSR count). The highest BCUT2D eigenvalue weighted by molar-refractivity contribution is 6.14. The first-order chi connectivity index (χ1) is 15.4. The molecule has 2 aromatic carbocycles. The maximum atomic E-state index is 13.3. The molecular weight excluding hydrogens is 416 g/mol. The SMILES string of the molecule is C[C@]1(c2ccc3c(c2)OCCO3)NC(=O)N(CC(=O)N2CC(=O)Nc3ccccc32)C1=O. The molecule has 32 heavy (non-hydrogen) atoms. The lowest BCUT2D eigenvalue weighted by Gasteiger charge is -2.30. The van der Waals surface area contributed by atoms with E-state index in [2.05, 4.69) is 10.6 Å². The number of imide groups is 1. The lowest BCUT2D eigenvalue weighted by Crippen LogP contribution is -2.48. The number of carbonyl (C=O) groups is 4. The van der Waals surface area contributed by atoms with E-state index in [4.69, 9.17) is 9.47 Å². The average Bonchev–Trinajstić information content (AvgIpc) is 3.02. The first-order valence-corrected chi connectivity index (χ1v) is 10.1. The number of amides is 5. The van der Waals surface area contributed by atoms with Crippen LogP contribution in [-0.2, 0) is 19.9 Å². The molecule has 0 spiro atoms. The van der Waals surface area contributed by atoms with Crippen LogP contribution in [0.2, 0.25) is 0 Å². The van der Waals surface area contributed by atoms with Crippen LogP contribution in [0.5, 0.6) is 11.5 Å². The van der Waals surface area contributed by atoms with Crippen molar-refractivity contribution in [3.63, 3.8) is 0 Å². The fourth-order valence-corrected chi connectivity index (χ4v) is 4.07. The highest BCUT2D eigenvalue weighted by Gasteiger charge is 2.50. The molecule has 2 aromatic rings. The van der Waals surface area contributed by atoms with Gasteiger partial charge in [-0.3, -0.25) is 24.2 Å². The highest BCUT2D eigenvalue weighted by Crippen LogP contribution is 2.37. The van der Waals surface area contributed by atoms with Crippen LogP contribution in [0.25, 0.3) is 0 Å². The Morgan fingerprint density at radius 1 is 1.06 bits per heavy atom. The molecule has 0 radical (unpaired) electrons. The molecule has 1 saturated heterocycles. The summed E-state index contributed by atoms with van der Waals surface area (Å²) in [7, 11) is 0. The summed E-state index contributed by atoms with van der Waals surface area (Å²) in [4.78, 5) is 53.1. The Morgan fingerprint density at radius 2 is 1.81 bits per heavy atom. The Balaban J connectivity index is 1.39. The van der Waals surface area contributed by atoms with Gasteiger partial charge < -0.3 is 20.1 Å². The molecule has 5 amide bonds. The maximum absolute atomic E-state index is 13.3. The van der Waals surface area contributed by atoms with Crippen molar-refractivity contribution in [2.24, 2.45) is 0 Å². The van der Waals surface area contributed by atoms with Gasteiger partial charge in [-0.25, -0.2) is 4.79 Å². The first kappa shape index (κ1) is 19.9. The summed E-state index contributed by atoms with van der Waals surface area (Å²) in [6, 6.07) is 11.2. The lowest BCUT2D eigenvalue weighted by atomic mass is 9.91. The number of rotatable bonds is 3. The van der Waals surface area contributed by atoms with Crippen LogP contribution in [-0.4, -0.2) is 55.0 Å². The number of para-hydroxylation sites is 2. The van der Waals surface area contributed by atoms with E-state index in [9.17, 15) is 19.2 Å². The molecule has 10 nitrogen and oxygen atoms in total. The second-order valence-electron chi connectivity index (χ2n) is 7.85. The van der Waals surface area contributed by atoms with E-state index >= 15 is 0 Å². The van der Waals surface area contributed by atoms with Gasteiger partial charge in [0.15, 0.2) is 11.5 Å². The van der Waals surface area contributed by atoms with E-state index in [1.807, 2.05) is 0 Å². The fraction of sp³-hybridized carbons (Fsp3) is 0.273. The number of hydrogen-bond donors (Lipinski definition) is 2. The number of benzene rings is 2. The van der Waals surface area contributed by atoms with Crippen LogP contribution in [0.1, 0.15) is 12.5 Å². The van der Waals surface area contributed by atoms with E-state index in [1.54, 1.807) is 49.4 Å². The summed E-state index contributed by atoms with van der Waals surface area (Å²) in [6.07, 6.45) is 0. The van der Waals surface area contributed by atoms with Gasteiger partial charge in [-0.15, -0.1) is 0 Å². The smallest absolute Gasteiger partial charge is 0.325 e. The molecule has 3 heterocycles. The van der Waals surface area contributed by atoms with Gasteiger partial charge in [0, 0.05) is 0 Å². The quantitative estimate of drug-likeness (QED) is 0.699. The average molecular weight is 436 g/mol. The number of anilines is 2. The van der Waals surface area contributed by atoms with Crippen molar-refractivity contribution in [3.8, 4) is 11.5 Å². The fourth-order valence-electron chi connectivity index (χ4n) is 4.07. The molecule has 0 saturated carbocycles. The molecule has 1 atom stereocenters. The van der Waals surface area contributed by atoms with E-state index in [0.29, 0.717) is 41.7 Å². The van der Waals surface area contributed by atoms with Crippen molar-refractivity contribution < 1.29 is 28.7 Å². The third kappa shape index (κ3) is 3.11. The molecule has 0 aromatic heterocycles. The van der Waals surface area contributed by atoms with Crippen LogP contribution in [0.3, 0.4) is 0 Å². The Kier molecular flexibility index (Phi) is 4.50. The Hall–Kier alpha value is -4.08. The Bertz CT molecular complexity index is 1160. The van der Waals surface area contributed by atoms with Gasteiger partial charge in [-0.05, 0) is 36.8 Å². The normalized spacial score (nSPS) is 21.7. The topological polar surface area (TPSA) is 117 Å².